The van der Waals surface area contributed by atoms with Gasteiger partial charge in [0.1, 0.15) is 5.82 Å². The van der Waals surface area contributed by atoms with Crippen molar-refractivity contribution in [2.45, 2.75) is 36.8 Å². The number of ether oxygens (including phenoxy) is 2. The van der Waals surface area contributed by atoms with Gasteiger partial charge < -0.3 is 19.4 Å². The maximum atomic E-state index is 12.5. The Kier molecular flexibility index (Phi) is 7.09. The normalized spacial score (nSPS) is 13.8. The van der Waals surface area contributed by atoms with E-state index in [1.54, 1.807) is 0 Å². The first-order valence-corrected chi connectivity index (χ1v) is 10.6. The molecular formula is C20H24N4O5S. The van der Waals surface area contributed by atoms with Crippen molar-refractivity contribution in [3.8, 4) is 0 Å². The van der Waals surface area contributed by atoms with Gasteiger partial charge in [-0.1, -0.05) is 24.6 Å². The summed E-state index contributed by atoms with van der Waals surface area (Å²) in [6.45, 7) is 0. The maximum Gasteiger partial charge on any atom is 0.339 e. The first kappa shape index (κ1) is 21.8. The summed E-state index contributed by atoms with van der Waals surface area (Å²) in [4.78, 5) is 36.3. The number of carbonyl (C=O) groups is 3. The predicted octanol–water partition coefficient (Wildman–Crippen LogP) is 2.78. The molecule has 0 saturated heterocycles. The van der Waals surface area contributed by atoms with Crippen LogP contribution in [0.3, 0.4) is 0 Å². The van der Waals surface area contributed by atoms with E-state index in [0.29, 0.717) is 11.1 Å². The molecule has 0 atom stereocenters. The van der Waals surface area contributed by atoms with Gasteiger partial charge in [-0.25, -0.2) is 9.59 Å². The Hall–Kier alpha value is -2.88. The molecule has 1 fully saturated rings. The molecule has 10 heteroatoms. The summed E-state index contributed by atoms with van der Waals surface area (Å²) in [7, 11) is 4.41. The van der Waals surface area contributed by atoms with Crippen molar-refractivity contribution in [2.75, 3.05) is 25.3 Å². The molecule has 0 spiro atoms. The molecule has 1 saturated carbocycles. The smallest absolute Gasteiger partial charge is 0.339 e. The summed E-state index contributed by atoms with van der Waals surface area (Å²) in [6.07, 6.45) is 4.64. The van der Waals surface area contributed by atoms with Gasteiger partial charge in [-0.05, 0) is 31.0 Å². The number of rotatable bonds is 7. The maximum absolute atomic E-state index is 12.5. The van der Waals surface area contributed by atoms with Gasteiger partial charge in [0.2, 0.25) is 5.91 Å². The first-order chi connectivity index (χ1) is 14.4. The van der Waals surface area contributed by atoms with Gasteiger partial charge in [0.05, 0.1) is 36.8 Å². The molecule has 9 nitrogen and oxygen atoms in total. The van der Waals surface area contributed by atoms with Crippen LogP contribution in [-0.2, 0) is 21.3 Å². The van der Waals surface area contributed by atoms with Crippen LogP contribution in [-0.4, -0.2) is 52.6 Å². The average Bonchev–Trinajstić information content (AvgIpc) is 3.40. The van der Waals surface area contributed by atoms with Crippen LogP contribution in [0, 0.1) is 0 Å². The van der Waals surface area contributed by atoms with Crippen molar-refractivity contribution in [1.29, 1.82) is 0 Å². The number of hydrogen-bond donors (Lipinski definition) is 1. The van der Waals surface area contributed by atoms with Crippen molar-refractivity contribution in [2.24, 2.45) is 7.05 Å². The number of amides is 1. The highest BCUT2D eigenvalue weighted by Crippen LogP contribution is 2.34. The quantitative estimate of drug-likeness (QED) is 0.525. The molecule has 160 valence electrons. The molecule has 1 N–H and O–H groups in total. The Morgan fingerprint density at radius 3 is 2.50 bits per heavy atom. The van der Waals surface area contributed by atoms with Gasteiger partial charge in [-0.2, -0.15) is 0 Å². The van der Waals surface area contributed by atoms with Gasteiger partial charge in [-0.15, -0.1) is 10.2 Å². The number of benzene rings is 1. The van der Waals surface area contributed by atoms with E-state index in [2.05, 4.69) is 15.5 Å². The second kappa shape index (κ2) is 9.75. The molecule has 2 aromatic rings. The fourth-order valence-corrected chi connectivity index (χ4v) is 4.21. The van der Waals surface area contributed by atoms with Gasteiger partial charge in [0.15, 0.2) is 5.16 Å². The number of nitrogens with zero attached hydrogens (tertiary/aromatic N) is 3. The van der Waals surface area contributed by atoms with E-state index in [0.717, 1.165) is 18.7 Å². The zero-order valence-corrected chi connectivity index (χ0v) is 18.0. The zero-order valence-electron chi connectivity index (χ0n) is 17.1. The zero-order chi connectivity index (χ0) is 21.7. The van der Waals surface area contributed by atoms with Crippen LogP contribution < -0.4 is 5.32 Å². The van der Waals surface area contributed by atoms with Crippen LogP contribution in [0.5, 0.6) is 0 Å². The molecule has 1 aliphatic rings. The standard InChI is InChI=1S/C20H24N4O5S/c1-24-17(12-6-4-5-7-12)22-23-20(24)30-11-16(25)21-15-10-13(18(26)28-2)8-9-14(15)19(27)29-3/h8-10,12H,4-7,11H2,1-3H3,(H,21,25). The minimum atomic E-state index is -0.621. The van der Waals surface area contributed by atoms with E-state index in [9.17, 15) is 14.4 Å². The Balaban J connectivity index is 1.69. The van der Waals surface area contributed by atoms with Crippen LogP contribution in [0.4, 0.5) is 5.69 Å². The van der Waals surface area contributed by atoms with E-state index >= 15 is 0 Å². The summed E-state index contributed by atoms with van der Waals surface area (Å²) >= 11 is 1.26. The van der Waals surface area contributed by atoms with Crippen molar-refractivity contribution in [3.63, 3.8) is 0 Å². The molecule has 1 aromatic carbocycles. The fraction of sp³-hybridized carbons (Fsp3) is 0.450. The number of hydrogen-bond acceptors (Lipinski definition) is 8. The van der Waals surface area contributed by atoms with E-state index in [1.807, 2.05) is 11.6 Å². The lowest BCUT2D eigenvalue weighted by Crippen LogP contribution is -2.18. The number of aromatic nitrogens is 3. The SMILES string of the molecule is COC(=O)c1ccc(C(=O)OC)c(NC(=O)CSc2nnc(C3CCCC3)n2C)c1. The Bertz CT molecular complexity index is 953. The molecule has 3 rings (SSSR count). The minimum Gasteiger partial charge on any atom is -0.465 e. The lowest BCUT2D eigenvalue weighted by Gasteiger charge is -2.11. The highest BCUT2D eigenvalue weighted by molar-refractivity contribution is 7.99. The van der Waals surface area contributed by atoms with Crippen molar-refractivity contribution >= 4 is 35.3 Å². The van der Waals surface area contributed by atoms with Crippen molar-refractivity contribution in [3.05, 3.63) is 35.2 Å². The predicted molar refractivity (Wildman–Crippen MR) is 111 cm³/mol. The lowest BCUT2D eigenvalue weighted by atomic mass is 10.1. The third kappa shape index (κ3) is 4.81. The first-order valence-electron chi connectivity index (χ1n) is 9.57. The second-order valence-electron chi connectivity index (χ2n) is 6.96. The number of anilines is 1. The molecule has 30 heavy (non-hydrogen) atoms. The number of carbonyl (C=O) groups excluding carboxylic acids is 3. The van der Waals surface area contributed by atoms with Crippen LogP contribution in [0.25, 0.3) is 0 Å². The topological polar surface area (TPSA) is 112 Å². The van der Waals surface area contributed by atoms with Crippen molar-refractivity contribution < 1.29 is 23.9 Å². The van der Waals surface area contributed by atoms with Gasteiger partial charge in [-0.3, -0.25) is 4.79 Å². The summed E-state index contributed by atoms with van der Waals surface area (Å²) < 4.78 is 11.4. The van der Waals surface area contributed by atoms with E-state index in [4.69, 9.17) is 9.47 Å². The van der Waals surface area contributed by atoms with Gasteiger partial charge >= 0.3 is 11.9 Å². The molecular weight excluding hydrogens is 408 g/mol. The minimum absolute atomic E-state index is 0.0692. The molecule has 0 aliphatic heterocycles. The number of esters is 2. The van der Waals surface area contributed by atoms with Crippen LogP contribution in [0.1, 0.15) is 58.1 Å². The molecule has 1 amide bonds. The summed E-state index contributed by atoms with van der Waals surface area (Å²) in [5.41, 5.74) is 0.535. The summed E-state index contributed by atoms with van der Waals surface area (Å²) in [5.74, 6) is -0.0977. The van der Waals surface area contributed by atoms with Crippen LogP contribution in [0.2, 0.25) is 0 Å². The number of nitrogens with one attached hydrogen (secondary N) is 1. The number of thioether (sulfide) groups is 1. The summed E-state index contributed by atoms with van der Waals surface area (Å²) in [6, 6.07) is 4.24. The van der Waals surface area contributed by atoms with E-state index < -0.39 is 11.9 Å². The van der Waals surface area contributed by atoms with Crippen molar-refractivity contribution in [1.82, 2.24) is 14.8 Å². The van der Waals surface area contributed by atoms with E-state index in [-0.39, 0.29) is 28.5 Å². The third-order valence-corrected chi connectivity index (χ3v) is 6.06. The molecule has 1 aliphatic carbocycles. The van der Waals surface area contributed by atoms with Crippen LogP contribution in [0.15, 0.2) is 23.4 Å². The molecule has 1 heterocycles. The lowest BCUT2D eigenvalue weighted by molar-refractivity contribution is -0.113. The largest absolute Gasteiger partial charge is 0.465 e. The second-order valence-corrected chi connectivity index (χ2v) is 7.90. The Morgan fingerprint density at radius 2 is 1.83 bits per heavy atom. The Labute approximate surface area is 178 Å². The molecule has 1 aromatic heterocycles. The average molecular weight is 433 g/mol. The van der Waals surface area contributed by atoms with Gasteiger partial charge in [0, 0.05) is 13.0 Å². The third-order valence-electron chi connectivity index (χ3n) is 5.04. The monoisotopic (exact) mass is 432 g/mol. The highest BCUT2D eigenvalue weighted by atomic mass is 32.2. The highest BCUT2D eigenvalue weighted by Gasteiger charge is 2.24. The molecule has 0 bridgehead atoms. The Morgan fingerprint density at radius 1 is 1.13 bits per heavy atom. The van der Waals surface area contributed by atoms with E-state index in [1.165, 1.54) is 57.0 Å². The number of methoxy groups -OCH3 is 2. The fourth-order valence-electron chi connectivity index (χ4n) is 3.49. The molecule has 0 radical (unpaired) electrons. The van der Waals surface area contributed by atoms with Gasteiger partial charge in [0.25, 0.3) is 0 Å². The van der Waals surface area contributed by atoms with Crippen LogP contribution >= 0.6 is 11.8 Å². The molecule has 0 unspecified atom stereocenters. The summed E-state index contributed by atoms with van der Waals surface area (Å²) in [5, 5.41) is 11.8.